The fourth-order valence-electron chi connectivity index (χ4n) is 3.55. The Morgan fingerprint density at radius 2 is 1.76 bits per heavy atom. The molecular formula is C21H21N3O. The number of hydrogen-bond donors (Lipinski definition) is 0. The highest BCUT2D eigenvalue weighted by atomic mass is 16.2. The standard InChI is InChI=1S/C21H21N3O/c1-23-13-14-24(19(15-23)17-8-3-2-4-9-17)21(25)20-18-10-6-5-7-16(18)11-12-22-20/h2-12,19H,13-15H2,1H3. The van der Waals surface area contributed by atoms with E-state index in [0.29, 0.717) is 12.2 Å². The van der Waals surface area contributed by atoms with Crippen molar-refractivity contribution in [2.45, 2.75) is 6.04 Å². The van der Waals surface area contributed by atoms with Crippen molar-refractivity contribution in [2.24, 2.45) is 0 Å². The molecule has 4 rings (SSSR count). The molecule has 0 aliphatic carbocycles. The number of carbonyl (C=O) groups excluding carboxylic acids is 1. The van der Waals surface area contributed by atoms with Gasteiger partial charge in [0.1, 0.15) is 5.69 Å². The number of likely N-dealkylation sites (N-methyl/N-ethyl adjacent to an activating group) is 1. The second-order valence-electron chi connectivity index (χ2n) is 6.57. The zero-order valence-corrected chi connectivity index (χ0v) is 14.3. The molecule has 1 unspecified atom stereocenters. The van der Waals surface area contributed by atoms with Gasteiger partial charge in [-0.3, -0.25) is 9.78 Å². The van der Waals surface area contributed by atoms with E-state index in [1.54, 1.807) is 6.20 Å². The maximum Gasteiger partial charge on any atom is 0.273 e. The van der Waals surface area contributed by atoms with Crippen LogP contribution in [0, 0.1) is 0 Å². The molecule has 1 saturated heterocycles. The number of benzene rings is 2. The zero-order valence-electron chi connectivity index (χ0n) is 14.3. The van der Waals surface area contributed by atoms with Crippen LogP contribution in [0.25, 0.3) is 10.8 Å². The molecule has 0 spiro atoms. The molecule has 0 bridgehead atoms. The molecule has 0 radical (unpaired) electrons. The van der Waals surface area contributed by atoms with Crippen LogP contribution in [0.1, 0.15) is 22.1 Å². The molecule has 126 valence electrons. The van der Waals surface area contributed by atoms with Gasteiger partial charge in [-0.05, 0) is 24.1 Å². The molecule has 0 N–H and O–H groups in total. The van der Waals surface area contributed by atoms with Gasteiger partial charge >= 0.3 is 0 Å². The minimum absolute atomic E-state index is 0.0127. The number of amides is 1. The summed E-state index contributed by atoms with van der Waals surface area (Å²) in [5, 5.41) is 1.96. The molecule has 1 fully saturated rings. The third-order valence-corrected chi connectivity index (χ3v) is 4.90. The molecule has 0 saturated carbocycles. The van der Waals surface area contributed by atoms with Crippen LogP contribution in [0.15, 0.2) is 66.9 Å². The Kier molecular flexibility index (Phi) is 4.20. The molecule has 4 heteroatoms. The molecule has 1 aliphatic rings. The summed E-state index contributed by atoms with van der Waals surface area (Å²) in [6, 6.07) is 20.2. The van der Waals surface area contributed by atoms with Crippen molar-refractivity contribution in [3.63, 3.8) is 0 Å². The second kappa shape index (κ2) is 6.65. The average molecular weight is 331 g/mol. The summed E-state index contributed by atoms with van der Waals surface area (Å²) in [5.41, 5.74) is 1.71. The van der Waals surface area contributed by atoms with Crippen molar-refractivity contribution in [3.8, 4) is 0 Å². The van der Waals surface area contributed by atoms with Gasteiger partial charge in [0, 0.05) is 31.2 Å². The molecule has 1 atom stereocenters. The number of piperazine rings is 1. The van der Waals surface area contributed by atoms with E-state index in [-0.39, 0.29) is 11.9 Å². The van der Waals surface area contributed by atoms with Gasteiger partial charge in [0.25, 0.3) is 5.91 Å². The molecule has 4 nitrogen and oxygen atoms in total. The van der Waals surface area contributed by atoms with Crippen molar-refractivity contribution in [3.05, 3.63) is 78.1 Å². The van der Waals surface area contributed by atoms with Crippen molar-refractivity contribution < 1.29 is 4.79 Å². The van der Waals surface area contributed by atoms with Crippen LogP contribution >= 0.6 is 0 Å². The SMILES string of the molecule is CN1CCN(C(=O)c2nccc3ccccc23)C(c2ccccc2)C1. The molecule has 2 aromatic carbocycles. The first-order valence-corrected chi connectivity index (χ1v) is 8.62. The van der Waals surface area contributed by atoms with Gasteiger partial charge in [0.2, 0.25) is 0 Å². The van der Waals surface area contributed by atoms with Crippen LogP contribution in [-0.2, 0) is 0 Å². The Hall–Kier alpha value is -2.72. The smallest absolute Gasteiger partial charge is 0.273 e. The minimum Gasteiger partial charge on any atom is -0.328 e. The van der Waals surface area contributed by atoms with Gasteiger partial charge in [-0.1, -0.05) is 54.6 Å². The summed E-state index contributed by atoms with van der Waals surface area (Å²) in [6.45, 7) is 2.42. The lowest BCUT2D eigenvalue weighted by Gasteiger charge is -2.40. The molecule has 1 amide bonds. The number of fused-ring (bicyclic) bond motifs is 1. The van der Waals surface area contributed by atoms with Crippen molar-refractivity contribution >= 4 is 16.7 Å². The molecular weight excluding hydrogens is 310 g/mol. The van der Waals surface area contributed by atoms with Crippen LogP contribution in [0.4, 0.5) is 0 Å². The molecule has 2 heterocycles. The summed E-state index contributed by atoms with van der Waals surface area (Å²) < 4.78 is 0. The molecule has 25 heavy (non-hydrogen) atoms. The molecule has 3 aromatic rings. The predicted molar refractivity (Wildman–Crippen MR) is 99.5 cm³/mol. The lowest BCUT2D eigenvalue weighted by atomic mass is 10.0. The fourth-order valence-corrected chi connectivity index (χ4v) is 3.55. The molecule has 1 aromatic heterocycles. The van der Waals surface area contributed by atoms with E-state index in [1.165, 1.54) is 5.56 Å². The first kappa shape index (κ1) is 15.8. The predicted octanol–water partition coefficient (Wildman–Crippen LogP) is 3.36. The van der Waals surface area contributed by atoms with Crippen LogP contribution in [0.5, 0.6) is 0 Å². The van der Waals surface area contributed by atoms with E-state index in [0.717, 1.165) is 23.9 Å². The zero-order chi connectivity index (χ0) is 17.2. The normalized spacial score (nSPS) is 18.4. The summed E-state index contributed by atoms with van der Waals surface area (Å²) in [4.78, 5) is 22.0. The fraction of sp³-hybridized carbons (Fsp3) is 0.238. The van der Waals surface area contributed by atoms with Crippen LogP contribution in [0.3, 0.4) is 0 Å². The topological polar surface area (TPSA) is 36.4 Å². The second-order valence-corrected chi connectivity index (χ2v) is 6.57. The highest BCUT2D eigenvalue weighted by Crippen LogP contribution is 2.28. The van der Waals surface area contributed by atoms with Gasteiger partial charge in [-0.25, -0.2) is 0 Å². The van der Waals surface area contributed by atoms with E-state index in [2.05, 4.69) is 29.1 Å². The lowest BCUT2D eigenvalue weighted by Crippen LogP contribution is -2.49. The maximum absolute atomic E-state index is 13.3. The quantitative estimate of drug-likeness (QED) is 0.722. The first-order valence-electron chi connectivity index (χ1n) is 8.62. The highest BCUT2D eigenvalue weighted by molar-refractivity contribution is 6.05. The van der Waals surface area contributed by atoms with E-state index in [9.17, 15) is 4.79 Å². The number of rotatable bonds is 2. The number of pyridine rings is 1. The van der Waals surface area contributed by atoms with Crippen LogP contribution in [-0.4, -0.2) is 47.4 Å². The Bertz CT molecular complexity index is 889. The van der Waals surface area contributed by atoms with Gasteiger partial charge in [0.15, 0.2) is 0 Å². The minimum atomic E-state index is 0.0127. The Labute approximate surface area is 147 Å². The number of hydrogen-bond acceptors (Lipinski definition) is 3. The van der Waals surface area contributed by atoms with E-state index in [1.807, 2.05) is 53.4 Å². The summed E-state index contributed by atoms with van der Waals surface area (Å²) in [7, 11) is 2.11. The number of carbonyl (C=O) groups is 1. The maximum atomic E-state index is 13.3. The van der Waals surface area contributed by atoms with Gasteiger partial charge in [-0.15, -0.1) is 0 Å². The molecule has 1 aliphatic heterocycles. The highest BCUT2D eigenvalue weighted by Gasteiger charge is 2.31. The average Bonchev–Trinajstić information content (AvgIpc) is 2.67. The van der Waals surface area contributed by atoms with Crippen molar-refractivity contribution in [1.29, 1.82) is 0 Å². The van der Waals surface area contributed by atoms with Crippen molar-refractivity contribution in [2.75, 3.05) is 26.7 Å². The third kappa shape index (κ3) is 3.01. The van der Waals surface area contributed by atoms with Crippen molar-refractivity contribution in [1.82, 2.24) is 14.8 Å². The first-order chi connectivity index (χ1) is 12.2. The Morgan fingerprint density at radius 3 is 2.60 bits per heavy atom. The van der Waals surface area contributed by atoms with Gasteiger partial charge < -0.3 is 9.80 Å². The van der Waals surface area contributed by atoms with Crippen LogP contribution in [0.2, 0.25) is 0 Å². The van der Waals surface area contributed by atoms with Crippen LogP contribution < -0.4 is 0 Å². The summed E-state index contributed by atoms with van der Waals surface area (Å²) >= 11 is 0. The summed E-state index contributed by atoms with van der Waals surface area (Å²) in [6.07, 6.45) is 1.73. The Morgan fingerprint density at radius 1 is 1.00 bits per heavy atom. The van der Waals surface area contributed by atoms with Gasteiger partial charge in [0.05, 0.1) is 6.04 Å². The number of aromatic nitrogens is 1. The lowest BCUT2D eigenvalue weighted by molar-refractivity contribution is 0.0494. The summed E-state index contributed by atoms with van der Waals surface area (Å²) in [5.74, 6) is 0.0127. The Balaban J connectivity index is 1.74. The van der Waals surface area contributed by atoms with E-state index < -0.39 is 0 Å². The van der Waals surface area contributed by atoms with E-state index in [4.69, 9.17) is 0 Å². The van der Waals surface area contributed by atoms with Gasteiger partial charge in [-0.2, -0.15) is 0 Å². The number of nitrogens with zero attached hydrogens (tertiary/aromatic N) is 3. The largest absolute Gasteiger partial charge is 0.328 e. The van der Waals surface area contributed by atoms with E-state index >= 15 is 0 Å². The monoisotopic (exact) mass is 331 g/mol. The third-order valence-electron chi connectivity index (χ3n) is 4.90.